The van der Waals surface area contributed by atoms with Crippen molar-refractivity contribution in [2.24, 2.45) is 0 Å². The van der Waals surface area contributed by atoms with Gasteiger partial charge in [-0.25, -0.2) is 9.59 Å². The third-order valence-electron chi connectivity index (χ3n) is 3.78. The molecule has 0 bridgehead atoms. The molecule has 1 aromatic carbocycles. The number of esters is 3. The Morgan fingerprint density at radius 1 is 1.07 bits per heavy atom. The molecule has 8 nitrogen and oxygen atoms in total. The SMILES string of the molecule is C=C(CC(=O)OCC)C(=O)OC(CCC)OC(=O)/C=C/c1ccc(OC)c(OC)c1. The zero-order chi connectivity index (χ0) is 22.5. The van der Waals surface area contributed by atoms with Crippen LogP contribution in [0.2, 0.25) is 0 Å². The van der Waals surface area contributed by atoms with Gasteiger partial charge in [-0.05, 0) is 37.1 Å². The summed E-state index contributed by atoms with van der Waals surface area (Å²) in [6, 6.07) is 5.15. The Morgan fingerprint density at radius 2 is 1.77 bits per heavy atom. The van der Waals surface area contributed by atoms with Crippen molar-refractivity contribution in [3.8, 4) is 11.5 Å². The summed E-state index contributed by atoms with van der Waals surface area (Å²) in [6.07, 6.45) is 2.27. The first-order chi connectivity index (χ1) is 14.3. The van der Waals surface area contributed by atoms with Crippen LogP contribution >= 0.6 is 0 Å². The van der Waals surface area contributed by atoms with Gasteiger partial charge in [-0.3, -0.25) is 4.79 Å². The summed E-state index contributed by atoms with van der Waals surface area (Å²) in [5, 5.41) is 0. The molecule has 0 aliphatic rings. The van der Waals surface area contributed by atoms with Gasteiger partial charge in [0, 0.05) is 18.1 Å². The predicted molar refractivity (Wildman–Crippen MR) is 110 cm³/mol. The zero-order valence-corrected chi connectivity index (χ0v) is 17.8. The highest BCUT2D eigenvalue weighted by atomic mass is 16.7. The van der Waals surface area contributed by atoms with Crippen molar-refractivity contribution in [3.63, 3.8) is 0 Å². The van der Waals surface area contributed by atoms with Gasteiger partial charge >= 0.3 is 17.9 Å². The van der Waals surface area contributed by atoms with Crippen molar-refractivity contribution in [3.05, 3.63) is 42.0 Å². The number of hydrogen-bond acceptors (Lipinski definition) is 8. The lowest BCUT2D eigenvalue weighted by atomic mass is 10.2. The lowest BCUT2D eigenvalue weighted by Gasteiger charge is -2.17. The Labute approximate surface area is 176 Å². The summed E-state index contributed by atoms with van der Waals surface area (Å²) in [6.45, 7) is 7.23. The molecule has 8 heteroatoms. The van der Waals surface area contributed by atoms with Gasteiger partial charge in [-0.15, -0.1) is 0 Å². The normalized spacial score (nSPS) is 11.5. The molecular formula is C22H28O8. The van der Waals surface area contributed by atoms with E-state index in [1.807, 2.05) is 6.92 Å². The Kier molecular flexibility index (Phi) is 10.7. The van der Waals surface area contributed by atoms with E-state index < -0.39 is 24.2 Å². The van der Waals surface area contributed by atoms with Crippen LogP contribution in [0.3, 0.4) is 0 Å². The molecule has 1 unspecified atom stereocenters. The number of benzene rings is 1. The molecule has 0 aliphatic heterocycles. The van der Waals surface area contributed by atoms with E-state index in [4.69, 9.17) is 23.7 Å². The molecule has 0 N–H and O–H groups in total. The number of hydrogen-bond donors (Lipinski definition) is 0. The molecule has 0 spiro atoms. The quantitative estimate of drug-likeness (QED) is 0.288. The number of rotatable bonds is 12. The van der Waals surface area contributed by atoms with Crippen molar-refractivity contribution < 1.29 is 38.1 Å². The molecule has 1 aromatic rings. The van der Waals surface area contributed by atoms with Crippen molar-refractivity contribution in [2.45, 2.75) is 39.4 Å². The molecule has 0 heterocycles. The molecule has 1 rings (SSSR count). The molecule has 0 radical (unpaired) electrons. The minimum absolute atomic E-state index is 0.0773. The van der Waals surface area contributed by atoms with E-state index in [1.165, 1.54) is 26.4 Å². The van der Waals surface area contributed by atoms with Crippen LogP contribution in [0.15, 0.2) is 36.4 Å². The summed E-state index contributed by atoms with van der Waals surface area (Å²) in [5.41, 5.74) is 0.614. The van der Waals surface area contributed by atoms with Gasteiger partial charge < -0.3 is 23.7 Å². The first-order valence-electron chi connectivity index (χ1n) is 9.49. The molecule has 0 aliphatic carbocycles. The summed E-state index contributed by atoms with van der Waals surface area (Å²) >= 11 is 0. The Bertz CT molecular complexity index is 781. The molecular weight excluding hydrogens is 392 g/mol. The van der Waals surface area contributed by atoms with Gasteiger partial charge in [0.15, 0.2) is 11.5 Å². The van der Waals surface area contributed by atoms with Crippen molar-refractivity contribution in [1.82, 2.24) is 0 Å². The van der Waals surface area contributed by atoms with Crippen LogP contribution in [0.5, 0.6) is 11.5 Å². The Hall–Kier alpha value is -3.29. The highest BCUT2D eigenvalue weighted by Gasteiger charge is 2.21. The molecule has 30 heavy (non-hydrogen) atoms. The van der Waals surface area contributed by atoms with Gasteiger partial charge in [-0.1, -0.05) is 19.6 Å². The second kappa shape index (κ2) is 13.0. The lowest BCUT2D eigenvalue weighted by Crippen LogP contribution is -2.25. The highest BCUT2D eigenvalue weighted by Crippen LogP contribution is 2.28. The maximum Gasteiger partial charge on any atom is 0.337 e. The van der Waals surface area contributed by atoms with Crippen LogP contribution < -0.4 is 9.47 Å². The van der Waals surface area contributed by atoms with E-state index in [0.717, 1.165) is 0 Å². The van der Waals surface area contributed by atoms with Gasteiger partial charge in [0.05, 0.1) is 27.2 Å². The second-order valence-electron chi connectivity index (χ2n) is 6.09. The standard InChI is InChI=1S/C22H28O8/c1-6-8-21(30-22(25)15(3)13-20(24)28-7-2)29-19(23)12-10-16-9-11-17(26-4)18(14-16)27-5/h9-12,14,21H,3,6-8,13H2,1-2,4-5H3/b12-10+. The number of methoxy groups -OCH3 is 2. The fourth-order valence-corrected chi connectivity index (χ4v) is 2.33. The number of carbonyl (C=O) groups excluding carboxylic acids is 3. The van der Waals surface area contributed by atoms with Crippen LogP contribution in [-0.4, -0.2) is 45.0 Å². The molecule has 0 saturated heterocycles. The number of carbonyl (C=O) groups is 3. The van der Waals surface area contributed by atoms with Crippen molar-refractivity contribution in [2.75, 3.05) is 20.8 Å². The van der Waals surface area contributed by atoms with Crippen LogP contribution in [0, 0.1) is 0 Å². The summed E-state index contributed by atoms with van der Waals surface area (Å²) in [5.74, 6) is -1.01. The predicted octanol–water partition coefficient (Wildman–Crippen LogP) is 3.44. The first kappa shape index (κ1) is 24.7. The van der Waals surface area contributed by atoms with Crippen LogP contribution in [-0.2, 0) is 28.6 Å². The van der Waals surface area contributed by atoms with Gasteiger partial charge in [0.1, 0.15) is 0 Å². The highest BCUT2D eigenvalue weighted by molar-refractivity contribution is 5.93. The average Bonchev–Trinajstić information content (AvgIpc) is 2.72. The maximum atomic E-state index is 12.1. The minimum atomic E-state index is -1.09. The summed E-state index contributed by atoms with van der Waals surface area (Å²) < 4.78 is 25.5. The fourth-order valence-electron chi connectivity index (χ4n) is 2.33. The summed E-state index contributed by atoms with van der Waals surface area (Å²) in [4.78, 5) is 35.7. The van der Waals surface area contributed by atoms with Gasteiger partial charge in [0.25, 0.3) is 0 Å². The largest absolute Gasteiger partial charge is 0.493 e. The first-order valence-corrected chi connectivity index (χ1v) is 9.49. The van der Waals surface area contributed by atoms with E-state index in [-0.39, 0.29) is 18.6 Å². The summed E-state index contributed by atoms with van der Waals surface area (Å²) in [7, 11) is 3.04. The molecule has 0 amide bonds. The van der Waals surface area contributed by atoms with Crippen LogP contribution in [0.1, 0.15) is 38.7 Å². The van der Waals surface area contributed by atoms with E-state index in [1.54, 1.807) is 25.1 Å². The topological polar surface area (TPSA) is 97.4 Å². The van der Waals surface area contributed by atoms with Crippen LogP contribution in [0.4, 0.5) is 0 Å². The molecule has 0 fully saturated rings. The van der Waals surface area contributed by atoms with Gasteiger partial charge in [-0.2, -0.15) is 0 Å². The monoisotopic (exact) mass is 420 g/mol. The Morgan fingerprint density at radius 3 is 2.37 bits per heavy atom. The van der Waals surface area contributed by atoms with Crippen molar-refractivity contribution >= 4 is 24.0 Å². The van der Waals surface area contributed by atoms with E-state index in [0.29, 0.717) is 29.9 Å². The third-order valence-corrected chi connectivity index (χ3v) is 3.78. The van der Waals surface area contributed by atoms with Crippen molar-refractivity contribution in [1.29, 1.82) is 0 Å². The van der Waals surface area contributed by atoms with Gasteiger partial charge in [0.2, 0.25) is 6.29 Å². The fraction of sp³-hybridized carbons (Fsp3) is 0.409. The second-order valence-corrected chi connectivity index (χ2v) is 6.09. The van der Waals surface area contributed by atoms with E-state index in [2.05, 4.69) is 6.58 Å². The average molecular weight is 420 g/mol. The van der Waals surface area contributed by atoms with Crippen LogP contribution in [0.25, 0.3) is 6.08 Å². The number of ether oxygens (including phenoxy) is 5. The maximum absolute atomic E-state index is 12.1. The molecule has 0 aromatic heterocycles. The van der Waals surface area contributed by atoms with E-state index >= 15 is 0 Å². The lowest BCUT2D eigenvalue weighted by molar-refractivity contribution is -0.183. The molecule has 0 saturated carbocycles. The minimum Gasteiger partial charge on any atom is -0.493 e. The molecule has 164 valence electrons. The van der Waals surface area contributed by atoms with E-state index in [9.17, 15) is 14.4 Å². The zero-order valence-electron chi connectivity index (χ0n) is 17.8. The smallest absolute Gasteiger partial charge is 0.337 e. The third kappa shape index (κ3) is 8.38. The Balaban J connectivity index is 2.70. The molecule has 1 atom stereocenters.